The van der Waals surface area contributed by atoms with Gasteiger partial charge in [-0.15, -0.1) is 0 Å². The number of rotatable bonds is 3. The van der Waals surface area contributed by atoms with Gasteiger partial charge in [0.05, 0.1) is 0 Å². The minimum absolute atomic E-state index is 0. The van der Waals surface area contributed by atoms with Crippen molar-refractivity contribution in [1.29, 1.82) is 0 Å². The predicted octanol–water partition coefficient (Wildman–Crippen LogP) is 0.742. The van der Waals surface area contributed by atoms with Crippen LogP contribution in [0.5, 0.6) is 0 Å². The van der Waals surface area contributed by atoms with Crippen molar-refractivity contribution in [3.63, 3.8) is 0 Å². The molecule has 5 nitrogen and oxygen atoms in total. The summed E-state index contributed by atoms with van der Waals surface area (Å²) in [4.78, 5) is 20.5. The first-order chi connectivity index (χ1) is 5.63. The molecule has 0 radical (unpaired) electrons. The number of hydrogen-bond donors (Lipinski definition) is 3. The lowest BCUT2D eigenvalue weighted by Crippen LogP contribution is -2.32. The summed E-state index contributed by atoms with van der Waals surface area (Å²) in [6, 6.07) is 0. The summed E-state index contributed by atoms with van der Waals surface area (Å²) in [6.45, 7) is 3.87. The number of nitrogens with one attached hydrogen (secondary N) is 2. The van der Waals surface area contributed by atoms with Gasteiger partial charge in [0, 0.05) is 26.9 Å². The third-order valence-corrected chi connectivity index (χ3v) is 0.873. The molecule has 0 spiro atoms. The summed E-state index contributed by atoms with van der Waals surface area (Å²) in [5.41, 5.74) is 4.50. The van der Waals surface area contributed by atoms with Crippen LogP contribution in [-0.2, 0) is 9.59 Å². The largest absolute Gasteiger partial charge is 0.355 e. The lowest BCUT2D eigenvalue weighted by Gasteiger charge is -2.01. The molecule has 4 N–H and O–H groups in total. The molecular formula is C10H29N3O2. The molecule has 0 aromatic carbocycles. The summed E-state index contributed by atoms with van der Waals surface area (Å²) in [7, 11) is 1.50. The highest BCUT2D eigenvalue weighted by Crippen LogP contribution is 1.61. The first kappa shape index (κ1) is 29.2. The summed E-state index contributed by atoms with van der Waals surface area (Å²) < 4.78 is 0. The average Bonchev–Trinajstić information content (AvgIpc) is 2.02. The molecule has 0 aliphatic rings. The van der Waals surface area contributed by atoms with Crippen LogP contribution in [0.3, 0.4) is 0 Å². The number of amides is 2. The van der Waals surface area contributed by atoms with E-state index in [9.17, 15) is 9.59 Å². The zero-order chi connectivity index (χ0) is 9.98. The van der Waals surface area contributed by atoms with Gasteiger partial charge in [0.15, 0.2) is 0 Å². The van der Waals surface area contributed by atoms with Crippen molar-refractivity contribution in [3.8, 4) is 0 Å². The van der Waals surface area contributed by atoms with Gasteiger partial charge < -0.3 is 16.4 Å². The molecule has 0 saturated carbocycles. The fourth-order valence-electron chi connectivity index (χ4n) is 0.477. The molecule has 2 amide bonds. The predicted molar refractivity (Wildman–Crippen MR) is 67.7 cm³/mol. The second-order valence-electron chi connectivity index (χ2n) is 1.97. The third-order valence-electron chi connectivity index (χ3n) is 0.873. The molecule has 0 bridgehead atoms. The van der Waals surface area contributed by atoms with E-state index in [-0.39, 0.29) is 34.1 Å². The van der Waals surface area contributed by atoms with Crippen molar-refractivity contribution in [2.75, 3.05) is 20.1 Å². The number of hydrogen-bond acceptors (Lipinski definition) is 3. The van der Waals surface area contributed by atoms with Crippen molar-refractivity contribution < 1.29 is 9.59 Å². The van der Waals surface area contributed by atoms with Crippen molar-refractivity contribution in [1.82, 2.24) is 10.6 Å². The molecule has 0 aliphatic carbocycles. The van der Waals surface area contributed by atoms with Crippen LogP contribution in [0.2, 0.25) is 0 Å². The summed E-state index contributed by atoms with van der Waals surface area (Å²) in [6.07, 6.45) is 0. The second kappa shape index (κ2) is 23.1. The molecule has 15 heavy (non-hydrogen) atoms. The lowest BCUT2D eigenvalue weighted by atomic mass is 10.5. The zero-order valence-corrected chi connectivity index (χ0v) is 7.81. The third kappa shape index (κ3) is 44.0. The van der Waals surface area contributed by atoms with E-state index in [2.05, 4.69) is 16.4 Å². The Balaban J connectivity index is -0.0000000626. The van der Waals surface area contributed by atoms with Crippen LogP contribution in [0.4, 0.5) is 0 Å². The van der Waals surface area contributed by atoms with E-state index >= 15 is 0 Å². The number of carbonyl (C=O) groups is 2. The van der Waals surface area contributed by atoms with Crippen molar-refractivity contribution in [3.05, 3.63) is 0 Å². The van der Waals surface area contributed by atoms with Gasteiger partial charge in [0.1, 0.15) is 0 Å². The molecule has 96 valence electrons. The Kier molecular flexibility index (Phi) is 44.9. The molecule has 0 aromatic rings. The SMILES string of the molecule is C.C.C.CC(=O)NCCNC(C)=O.CN. The molecule has 0 aromatic heterocycles. The van der Waals surface area contributed by atoms with E-state index in [0.717, 1.165) is 0 Å². The molecule has 0 fully saturated rings. The van der Waals surface area contributed by atoms with Gasteiger partial charge in [0.25, 0.3) is 0 Å². The molecule has 0 saturated heterocycles. The van der Waals surface area contributed by atoms with Crippen molar-refractivity contribution >= 4 is 11.8 Å². The van der Waals surface area contributed by atoms with Gasteiger partial charge in [-0.25, -0.2) is 0 Å². The standard InChI is InChI=1S/C6H12N2O2.CH5N.3CH4/c1-5(9)7-3-4-8-6(2)10;1-2;;;/h3-4H2,1-2H3,(H,7,9)(H,8,10);2H2,1H3;3*1H4. The van der Waals surface area contributed by atoms with Crippen LogP contribution >= 0.6 is 0 Å². The van der Waals surface area contributed by atoms with Crippen molar-refractivity contribution in [2.24, 2.45) is 5.73 Å². The fraction of sp³-hybridized carbons (Fsp3) is 0.800. The second-order valence-corrected chi connectivity index (χ2v) is 1.97. The topological polar surface area (TPSA) is 84.2 Å². The van der Waals surface area contributed by atoms with Crippen LogP contribution in [0.25, 0.3) is 0 Å². The molecule has 0 rings (SSSR count). The van der Waals surface area contributed by atoms with Gasteiger partial charge in [-0.1, -0.05) is 22.3 Å². The van der Waals surface area contributed by atoms with E-state index in [1.165, 1.54) is 20.9 Å². The van der Waals surface area contributed by atoms with Gasteiger partial charge in [0.2, 0.25) is 11.8 Å². The molecule has 0 aliphatic heterocycles. The van der Waals surface area contributed by atoms with E-state index in [0.29, 0.717) is 13.1 Å². The van der Waals surface area contributed by atoms with E-state index < -0.39 is 0 Å². The highest BCUT2D eigenvalue weighted by atomic mass is 16.2. The Labute approximate surface area is 94.8 Å². The monoisotopic (exact) mass is 223 g/mol. The van der Waals surface area contributed by atoms with Crippen LogP contribution in [0.1, 0.15) is 36.1 Å². The maximum Gasteiger partial charge on any atom is 0.216 e. The summed E-state index contributed by atoms with van der Waals surface area (Å²) in [5, 5.41) is 5.09. The highest BCUT2D eigenvalue weighted by molar-refractivity contribution is 5.74. The van der Waals surface area contributed by atoms with E-state index in [4.69, 9.17) is 0 Å². The highest BCUT2D eigenvalue weighted by Gasteiger charge is 1.90. The fourth-order valence-corrected chi connectivity index (χ4v) is 0.477. The quantitative estimate of drug-likeness (QED) is 0.617. The lowest BCUT2D eigenvalue weighted by molar-refractivity contribution is -0.120. The summed E-state index contributed by atoms with van der Waals surface area (Å²) >= 11 is 0. The normalized spacial score (nSPS) is 6.13. The van der Waals surface area contributed by atoms with E-state index in [1.807, 2.05) is 0 Å². The van der Waals surface area contributed by atoms with Gasteiger partial charge in [-0.05, 0) is 7.05 Å². The minimum atomic E-state index is -0.0784. The van der Waals surface area contributed by atoms with Crippen LogP contribution in [0, 0.1) is 0 Å². The van der Waals surface area contributed by atoms with Crippen LogP contribution in [-0.4, -0.2) is 32.0 Å². The molecule has 0 unspecified atom stereocenters. The first-order valence-electron chi connectivity index (χ1n) is 3.69. The molecule has 0 heterocycles. The first-order valence-corrected chi connectivity index (χ1v) is 3.69. The van der Waals surface area contributed by atoms with Crippen LogP contribution < -0.4 is 16.4 Å². The Hall–Kier alpha value is -1.10. The Morgan fingerprint density at radius 2 is 1.07 bits per heavy atom. The maximum absolute atomic E-state index is 10.3. The van der Waals surface area contributed by atoms with Gasteiger partial charge >= 0.3 is 0 Å². The Morgan fingerprint density at radius 1 is 0.867 bits per heavy atom. The average molecular weight is 223 g/mol. The smallest absolute Gasteiger partial charge is 0.216 e. The van der Waals surface area contributed by atoms with Crippen LogP contribution in [0.15, 0.2) is 0 Å². The molecule has 0 atom stereocenters. The molecule has 5 heteroatoms. The van der Waals surface area contributed by atoms with Crippen molar-refractivity contribution in [2.45, 2.75) is 36.1 Å². The summed E-state index contributed by atoms with van der Waals surface area (Å²) in [5.74, 6) is -0.157. The number of nitrogens with two attached hydrogens (primary N) is 1. The Morgan fingerprint density at radius 3 is 1.20 bits per heavy atom. The minimum Gasteiger partial charge on any atom is -0.355 e. The van der Waals surface area contributed by atoms with E-state index in [1.54, 1.807) is 0 Å². The maximum atomic E-state index is 10.3. The van der Waals surface area contributed by atoms with Gasteiger partial charge in [-0.2, -0.15) is 0 Å². The molecular weight excluding hydrogens is 194 g/mol. The van der Waals surface area contributed by atoms with Gasteiger partial charge in [-0.3, -0.25) is 9.59 Å². The number of carbonyl (C=O) groups excluding carboxylic acids is 2. The Bertz CT molecular complexity index is 123. The zero-order valence-electron chi connectivity index (χ0n) is 7.81.